The Bertz CT molecular complexity index is 1190. The Morgan fingerprint density at radius 1 is 1.06 bits per heavy atom. The molecule has 5 rings (SSSR count). The van der Waals surface area contributed by atoms with E-state index in [-0.39, 0.29) is 11.6 Å². The summed E-state index contributed by atoms with van der Waals surface area (Å²) in [7, 11) is 1.67. The van der Waals surface area contributed by atoms with Crippen LogP contribution in [-0.4, -0.2) is 43.3 Å². The SMILES string of the molecule is CC1Oc2ccc(NC(=O)c3cc(-c4ccc5c(c4)OCCO5)on3)cc2N(C)C1=O. The van der Waals surface area contributed by atoms with Crippen molar-refractivity contribution in [2.45, 2.75) is 13.0 Å². The van der Waals surface area contributed by atoms with Gasteiger partial charge in [-0.25, -0.2) is 0 Å². The minimum atomic E-state index is -0.549. The van der Waals surface area contributed by atoms with E-state index in [0.29, 0.717) is 47.6 Å². The van der Waals surface area contributed by atoms with E-state index in [1.54, 1.807) is 50.4 Å². The van der Waals surface area contributed by atoms with Gasteiger partial charge in [0.05, 0.1) is 5.69 Å². The van der Waals surface area contributed by atoms with Gasteiger partial charge in [0.2, 0.25) is 0 Å². The molecule has 31 heavy (non-hydrogen) atoms. The molecular formula is C22H19N3O6. The lowest BCUT2D eigenvalue weighted by molar-refractivity contribution is -0.125. The van der Waals surface area contributed by atoms with E-state index in [9.17, 15) is 9.59 Å². The number of hydrogen-bond donors (Lipinski definition) is 1. The number of nitrogens with zero attached hydrogens (tertiary/aromatic N) is 2. The summed E-state index contributed by atoms with van der Waals surface area (Å²) in [6, 6.07) is 12.0. The van der Waals surface area contributed by atoms with Gasteiger partial charge in [-0.1, -0.05) is 5.16 Å². The number of hydrogen-bond acceptors (Lipinski definition) is 7. The summed E-state index contributed by atoms with van der Waals surface area (Å²) in [4.78, 5) is 26.3. The molecule has 0 spiro atoms. The Kier molecular flexibility index (Phi) is 4.50. The first-order valence-electron chi connectivity index (χ1n) is 9.76. The molecule has 9 nitrogen and oxygen atoms in total. The van der Waals surface area contributed by atoms with Gasteiger partial charge in [-0.2, -0.15) is 0 Å². The third-order valence-electron chi connectivity index (χ3n) is 5.13. The standard InChI is InChI=1S/C22H19N3O6/c1-12-22(27)25(2)16-10-14(4-6-17(16)30-12)23-21(26)15-11-19(31-24-15)13-3-5-18-20(9-13)29-8-7-28-18/h3-6,9-12H,7-8H2,1-2H3,(H,23,26). The van der Waals surface area contributed by atoms with Crippen molar-refractivity contribution in [2.24, 2.45) is 0 Å². The Balaban J connectivity index is 1.34. The lowest BCUT2D eigenvalue weighted by Crippen LogP contribution is -2.41. The molecule has 1 unspecified atom stereocenters. The molecule has 0 aliphatic carbocycles. The van der Waals surface area contributed by atoms with E-state index >= 15 is 0 Å². The Morgan fingerprint density at radius 3 is 2.68 bits per heavy atom. The summed E-state index contributed by atoms with van der Waals surface area (Å²) in [5.74, 6) is 1.70. The van der Waals surface area contributed by atoms with Crippen LogP contribution in [0.25, 0.3) is 11.3 Å². The molecule has 2 aromatic carbocycles. The molecule has 1 atom stereocenters. The van der Waals surface area contributed by atoms with Crippen LogP contribution < -0.4 is 24.4 Å². The minimum absolute atomic E-state index is 0.122. The average Bonchev–Trinajstić information content (AvgIpc) is 3.28. The Labute approximate surface area is 177 Å². The van der Waals surface area contributed by atoms with Crippen LogP contribution in [0, 0.1) is 0 Å². The number of carbonyl (C=O) groups is 2. The molecule has 9 heteroatoms. The number of fused-ring (bicyclic) bond motifs is 2. The van der Waals surface area contributed by atoms with Gasteiger partial charge in [-0.3, -0.25) is 9.59 Å². The highest BCUT2D eigenvalue weighted by atomic mass is 16.6. The van der Waals surface area contributed by atoms with Gasteiger partial charge in [0, 0.05) is 24.4 Å². The third-order valence-corrected chi connectivity index (χ3v) is 5.13. The number of rotatable bonds is 3. The summed E-state index contributed by atoms with van der Waals surface area (Å²) in [5.41, 5.74) is 1.93. The molecule has 2 aliphatic rings. The first kappa shape index (κ1) is 19.0. The maximum Gasteiger partial charge on any atom is 0.277 e. The highest BCUT2D eigenvalue weighted by molar-refractivity contribution is 6.05. The van der Waals surface area contributed by atoms with Crippen LogP contribution >= 0.6 is 0 Å². The van der Waals surface area contributed by atoms with E-state index in [1.165, 1.54) is 4.90 Å². The predicted molar refractivity (Wildman–Crippen MR) is 111 cm³/mol. The molecule has 0 radical (unpaired) electrons. The number of nitrogens with one attached hydrogen (secondary N) is 1. The zero-order chi connectivity index (χ0) is 21.5. The van der Waals surface area contributed by atoms with Gasteiger partial charge in [0.25, 0.3) is 11.8 Å². The molecule has 3 aromatic rings. The lowest BCUT2D eigenvalue weighted by Gasteiger charge is -2.30. The van der Waals surface area contributed by atoms with Crippen molar-refractivity contribution in [1.29, 1.82) is 0 Å². The van der Waals surface area contributed by atoms with E-state index in [1.807, 2.05) is 6.07 Å². The van der Waals surface area contributed by atoms with Crippen LogP contribution in [0.1, 0.15) is 17.4 Å². The quantitative estimate of drug-likeness (QED) is 0.693. The summed E-state index contributed by atoms with van der Waals surface area (Å²) >= 11 is 0. The van der Waals surface area contributed by atoms with Crippen LogP contribution in [0.3, 0.4) is 0 Å². The number of anilines is 2. The molecule has 158 valence electrons. The van der Waals surface area contributed by atoms with E-state index in [0.717, 1.165) is 5.56 Å². The van der Waals surface area contributed by atoms with Crippen LogP contribution in [0.4, 0.5) is 11.4 Å². The van der Waals surface area contributed by atoms with E-state index in [4.69, 9.17) is 18.7 Å². The maximum absolute atomic E-state index is 12.7. The van der Waals surface area contributed by atoms with Crippen molar-refractivity contribution in [1.82, 2.24) is 5.16 Å². The van der Waals surface area contributed by atoms with Crippen LogP contribution in [0.2, 0.25) is 0 Å². The molecule has 2 aliphatic heterocycles. The summed E-state index contributed by atoms with van der Waals surface area (Å²) in [6.45, 7) is 2.68. The molecule has 0 saturated carbocycles. The lowest BCUT2D eigenvalue weighted by atomic mass is 10.1. The Morgan fingerprint density at radius 2 is 1.84 bits per heavy atom. The molecule has 0 saturated heterocycles. The fourth-order valence-electron chi connectivity index (χ4n) is 3.50. The molecule has 2 amide bonds. The second kappa shape index (κ2) is 7.35. The topological polar surface area (TPSA) is 103 Å². The molecule has 1 N–H and O–H groups in total. The van der Waals surface area contributed by atoms with Crippen molar-refractivity contribution in [2.75, 3.05) is 30.5 Å². The number of aromatic nitrogens is 1. The summed E-state index contributed by atoms with van der Waals surface area (Å²) < 4.78 is 22.1. The normalized spacial score (nSPS) is 17.0. The van der Waals surface area contributed by atoms with Gasteiger partial charge >= 0.3 is 0 Å². The van der Waals surface area contributed by atoms with Crippen LogP contribution in [0.15, 0.2) is 47.0 Å². The van der Waals surface area contributed by atoms with Gasteiger partial charge in [0.15, 0.2) is 29.1 Å². The molecule has 3 heterocycles. The second-order valence-electron chi connectivity index (χ2n) is 7.23. The number of likely N-dealkylation sites (N-methyl/N-ethyl adjacent to an activating group) is 1. The number of carbonyl (C=O) groups excluding carboxylic acids is 2. The first-order chi connectivity index (χ1) is 15.0. The van der Waals surface area contributed by atoms with Crippen molar-refractivity contribution in [3.05, 3.63) is 48.2 Å². The first-order valence-corrected chi connectivity index (χ1v) is 9.76. The van der Waals surface area contributed by atoms with Gasteiger partial charge in [-0.05, 0) is 43.3 Å². The van der Waals surface area contributed by atoms with Crippen LogP contribution in [-0.2, 0) is 4.79 Å². The van der Waals surface area contributed by atoms with Gasteiger partial charge < -0.3 is 29.0 Å². The summed E-state index contributed by atoms with van der Waals surface area (Å²) in [6.07, 6.45) is -0.549. The van der Waals surface area contributed by atoms with Crippen molar-refractivity contribution in [3.63, 3.8) is 0 Å². The maximum atomic E-state index is 12.7. The van der Waals surface area contributed by atoms with E-state index < -0.39 is 12.0 Å². The smallest absolute Gasteiger partial charge is 0.277 e. The Hall–Kier alpha value is -4.01. The van der Waals surface area contributed by atoms with Gasteiger partial charge in [0.1, 0.15) is 19.0 Å². The van der Waals surface area contributed by atoms with E-state index in [2.05, 4.69) is 10.5 Å². The zero-order valence-electron chi connectivity index (χ0n) is 16.9. The second-order valence-corrected chi connectivity index (χ2v) is 7.23. The third kappa shape index (κ3) is 3.43. The molecular weight excluding hydrogens is 402 g/mol. The van der Waals surface area contributed by atoms with Crippen LogP contribution in [0.5, 0.6) is 17.2 Å². The fraction of sp³-hybridized carbons (Fsp3) is 0.227. The largest absolute Gasteiger partial charge is 0.486 e. The fourth-order valence-corrected chi connectivity index (χ4v) is 3.50. The zero-order valence-corrected chi connectivity index (χ0v) is 16.9. The highest BCUT2D eigenvalue weighted by Crippen LogP contribution is 2.36. The minimum Gasteiger partial charge on any atom is -0.486 e. The predicted octanol–water partition coefficient (Wildman–Crippen LogP) is 3.11. The molecule has 1 aromatic heterocycles. The number of amides is 2. The monoisotopic (exact) mass is 421 g/mol. The van der Waals surface area contributed by atoms with Gasteiger partial charge in [-0.15, -0.1) is 0 Å². The average molecular weight is 421 g/mol. The van der Waals surface area contributed by atoms with Crippen molar-refractivity contribution in [3.8, 4) is 28.6 Å². The number of ether oxygens (including phenoxy) is 3. The molecule has 0 bridgehead atoms. The van der Waals surface area contributed by atoms with Crippen molar-refractivity contribution >= 4 is 23.2 Å². The summed E-state index contributed by atoms with van der Waals surface area (Å²) in [5, 5.41) is 6.65. The molecule has 0 fully saturated rings. The highest BCUT2D eigenvalue weighted by Gasteiger charge is 2.29. The van der Waals surface area contributed by atoms with Crippen molar-refractivity contribution < 1.29 is 28.3 Å². The number of benzene rings is 2.